The summed E-state index contributed by atoms with van der Waals surface area (Å²) in [5.74, 6) is 0.853. The van der Waals surface area contributed by atoms with Crippen LogP contribution in [0.2, 0.25) is 0 Å². The monoisotopic (exact) mass is 455 g/mol. The Bertz CT molecular complexity index is 921. The molecule has 0 saturated heterocycles. The fraction of sp³-hybridized carbons (Fsp3) is 0.280. The Labute approximate surface area is 193 Å². The summed E-state index contributed by atoms with van der Waals surface area (Å²) >= 11 is 0. The highest BCUT2D eigenvalue weighted by molar-refractivity contribution is 5.84. The van der Waals surface area contributed by atoms with Crippen molar-refractivity contribution in [2.45, 2.75) is 19.4 Å². The third-order valence-corrected chi connectivity index (χ3v) is 4.31. The van der Waals surface area contributed by atoms with E-state index in [2.05, 4.69) is 5.32 Å². The van der Waals surface area contributed by atoms with E-state index in [1.807, 2.05) is 0 Å². The van der Waals surface area contributed by atoms with E-state index in [1.165, 1.54) is 6.08 Å². The lowest BCUT2D eigenvalue weighted by Gasteiger charge is -2.18. The second-order valence-electron chi connectivity index (χ2n) is 6.66. The van der Waals surface area contributed by atoms with Crippen molar-refractivity contribution in [2.75, 3.05) is 32.2 Å². The first kappa shape index (κ1) is 25.5. The van der Waals surface area contributed by atoms with Crippen LogP contribution in [0.15, 0.2) is 72.8 Å². The fourth-order valence-electron chi connectivity index (χ4n) is 2.75. The number of hydrogen-bond donors (Lipinski definition) is 2. The van der Waals surface area contributed by atoms with Crippen LogP contribution in [0, 0.1) is 0 Å². The molecule has 33 heavy (non-hydrogen) atoms. The maximum absolute atomic E-state index is 12.5. The maximum Gasteiger partial charge on any atom is 0.412 e. The van der Waals surface area contributed by atoms with Gasteiger partial charge in [-0.1, -0.05) is 30.4 Å². The first-order valence-electron chi connectivity index (χ1n) is 10.5. The third-order valence-electron chi connectivity index (χ3n) is 4.31. The Morgan fingerprint density at radius 2 is 1.73 bits per heavy atom. The maximum atomic E-state index is 12.5. The molecule has 0 spiro atoms. The van der Waals surface area contributed by atoms with Crippen molar-refractivity contribution in [1.82, 2.24) is 0 Å². The molecule has 0 aliphatic carbocycles. The van der Waals surface area contributed by atoms with Gasteiger partial charge in [0.05, 0.1) is 20.3 Å². The first-order valence-corrected chi connectivity index (χ1v) is 10.5. The van der Waals surface area contributed by atoms with E-state index in [1.54, 1.807) is 80.8 Å². The number of carbonyl (C=O) groups excluding carboxylic acids is 2. The third kappa shape index (κ3) is 9.49. The van der Waals surface area contributed by atoms with Gasteiger partial charge in [0.2, 0.25) is 0 Å². The van der Waals surface area contributed by atoms with Gasteiger partial charge in [0.25, 0.3) is 0 Å². The number of aliphatic hydroxyl groups is 1. The van der Waals surface area contributed by atoms with Crippen molar-refractivity contribution >= 4 is 17.7 Å². The number of carbonyl (C=O) groups is 2. The number of esters is 1. The number of anilines is 1. The van der Waals surface area contributed by atoms with Crippen LogP contribution in [0.5, 0.6) is 11.5 Å². The predicted molar refractivity (Wildman–Crippen MR) is 124 cm³/mol. The number of amides is 1. The smallest absolute Gasteiger partial charge is 0.412 e. The molecule has 0 heterocycles. The van der Waals surface area contributed by atoms with Crippen molar-refractivity contribution in [1.29, 1.82) is 0 Å². The van der Waals surface area contributed by atoms with Crippen molar-refractivity contribution in [3.63, 3.8) is 0 Å². The van der Waals surface area contributed by atoms with E-state index in [0.29, 0.717) is 30.2 Å². The molecule has 0 aromatic heterocycles. The first-order chi connectivity index (χ1) is 16.0. The molecule has 1 amide bonds. The summed E-state index contributed by atoms with van der Waals surface area (Å²) in [4.78, 5) is 23.9. The lowest BCUT2D eigenvalue weighted by atomic mass is 10.1. The standard InChI is InChI=1S/C25H29NO7/c1-3-31-24(28)8-6-4-5-7-23(19-9-13-22(14-10-19)32-18-17-27)33-25(29)26-20-11-15-21(30-2)16-12-20/h4-6,8-16,23,27H,3,7,17-18H2,1-2H3,(H,26,29)/b5-4+,8-6+/t23-/m1/s1. The molecule has 8 nitrogen and oxygen atoms in total. The summed E-state index contributed by atoms with van der Waals surface area (Å²) in [6, 6.07) is 14.0. The van der Waals surface area contributed by atoms with E-state index < -0.39 is 18.2 Å². The normalized spacial score (nSPS) is 11.8. The van der Waals surface area contributed by atoms with Gasteiger partial charge in [-0.25, -0.2) is 9.59 Å². The summed E-state index contributed by atoms with van der Waals surface area (Å²) in [5.41, 5.74) is 1.33. The minimum Gasteiger partial charge on any atom is -0.497 e. The molecule has 0 radical (unpaired) electrons. The van der Waals surface area contributed by atoms with Gasteiger partial charge in [0.15, 0.2) is 0 Å². The van der Waals surface area contributed by atoms with Gasteiger partial charge in [-0.2, -0.15) is 0 Å². The molecule has 0 saturated carbocycles. The van der Waals surface area contributed by atoms with Crippen LogP contribution < -0.4 is 14.8 Å². The van der Waals surface area contributed by atoms with Crippen molar-refractivity contribution in [3.8, 4) is 11.5 Å². The van der Waals surface area contributed by atoms with E-state index in [4.69, 9.17) is 24.1 Å². The SMILES string of the molecule is CCOC(=O)/C=C/C=C/C[C@@H](OC(=O)Nc1ccc(OC)cc1)c1ccc(OCCO)cc1. The molecule has 1 atom stereocenters. The number of benzene rings is 2. The predicted octanol–water partition coefficient (Wildman–Crippen LogP) is 4.42. The number of aliphatic hydroxyl groups excluding tert-OH is 1. The minimum absolute atomic E-state index is 0.0802. The molecule has 2 N–H and O–H groups in total. The number of hydrogen-bond acceptors (Lipinski definition) is 7. The summed E-state index contributed by atoms with van der Waals surface area (Å²) in [6.07, 6.45) is 5.55. The molecular formula is C25H29NO7. The van der Waals surface area contributed by atoms with E-state index in [-0.39, 0.29) is 13.2 Å². The average molecular weight is 456 g/mol. The molecule has 2 aromatic carbocycles. The average Bonchev–Trinajstić information content (AvgIpc) is 2.83. The zero-order valence-corrected chi connectivity index (χ0v) is 18.7. The largest absolute Gasteiger partial charge is 0.497 e. The topological polar surface area (TPSA) is 103 Å². The Morgan fingerprint density at radius 1 is 1.03 bits per heavy atom. The van der Waals surface area contributed by atoms with Crippen LogP contribution in [0.3, 0.4) is 0 Å². The fourth-order valence-corrected chi connectivity index (χ4v) is 2.75. The molecule has 8 heteroatoms. The van der Waals surface area contributed by atoms with Crippen LogP contribution in [0.25, 0.3) is 0 Å². The minimum atomic E-state index is -0.610. The van der Waals surface area contributed by atoms with Crippen molar-refractivity contribution in [2.24, 2.45) is 0 Å². The Balaban J connectivity index is 2.06. The van der Waals surface area contributed by atoms with E-state index >= 15 is 0 Å². The Kier molecular flexibility index (Phi) is 11.1. The summed E-state index contributed by atoms with van der Waals surface area (Å²) < 4.78 is 21.0. The van der Waals surface area contributed by atoms with Gasteiger partial charge in [-0.15, -0.1) is 0 Å². The number of rotatable bonds is 12. The summed E-state index contributed by atoms with van der Waals surface area (Å²) in [5, 5.41) is 11.6. The molecule has 0 aliphatic heterocycles. The van der Waals surface area contributed by atoms with Gasteiger partial charge < -0.3 is 24.1 Å². The van der Waals surface area contributed by atoms with Gasteiger partial charge >= 0.3 is 12.1 Å². The highest BCUT2D eigenvalue weighted by Gasteiger charge is 2.16. The second kappa shape index (κ2) is 14.3. The molecule has 2 rings (SSSR count). The van der Waals surface area contributed by atoms with Crippen LogP contribution in [0.1, 0.15) is 25.0 Å². The lowest BCUT2D eigenvalue weighted by molar-refractivity contribution is -0.137. The van der Waals surface area contributed by atoms with Crippen molar-refractivity contribution < 1.29 is 33.6 Å². The zero-order chi connectivity index (χ0) is 23.9. The Morgan fingerprint density at radius 3 is 2.36 bits per heavy atom. The molecule has 0 fully saturated rings. The Hall–Kier alpha value is -3.78. The quantitative estimate of drug-likeness (QED) is 0.277. The summed E-state index contributed by atoms with van der Waals surface area (Å²) in [6.45, 7) is 2.16. The van der Waals surface area contributed by atoms with Crippen molar-refractivity contribution in [3.05, 3.63) is 78.4 Å². The van der Waals surface area contributed by atoms with Gasteiger partial charge in [0.1, 0.15) is 24.2 Å². The van der Waals surface area contributed by atoms with Gasteiger partial charge in [-0.3, -0.25) is 5.32 Å². The van der Waals surface area contributed by atoms with Gasteiger partial charge in [0, 0.05) is 18.2 Å². The highest BCUT2D eigenvalue weighted by Crippen LogP contribution is 2.25. The number of ether oxygens (including phenoxy) is 4. The molecule has 0 bridgehead atoms. The van der Waals surface area contributed by atoms with E-state index in [9.17, 15) is 9.59 Å². The number of nitrogens with one attached hydrogen (secondary N) is 1. The zero-order valence-electron chi connectivity index (χ0n) is 18.7. The molecule has 2 aromatic rings. The highest BCUT2D eigenvalue weighted by atomic mass is 16.6. The van der Waals surface area contributed by atoms with Crippen LogP contribution in [-0.4, -0.2) is 44.1 Å². The summed E-state index contributed by atoms with van der Waals surface area (Å²) in [7, 11) is 1.57. The number of allylic oxidation sites excluding steroid dienone is 2. The van der Waals surface area contributed by atoms with Gasteiger partial charge in [-0.05, 0) is 48.9 Å². The lowest BCUT2D eigenvalue weighted by Crippen LogP contribution is -2.17. The molecular weight excluding hydrogens is 426 g/mol. The number of methoxy groups -OCH3 is 1. The van der Waals surface area contributed by atoms with Crippen LogP contribution in [0.4, 0.5) is 10.5 Å². The molecule has 0 aliphatic rings. The van der Waals surface area contributed by atoms with Crippen LogP contribution in [-0.2, 0) is 14.3 Å². The van der Waals surface area contributed by atoms with Crippen LogP contribution >= 0.6 is 0 Å². The molecule has 0 unspecified atom stereocenters. The van der Waals surface area contributed by atoms with E-state index in [0.717, 1.165) is 5.56 Å². The molecule has 176 valence electrons. The second-order valence-corrected chi connectivity index (χ2v) is 6.66.